The molecule has 0 aliphatic heterocycles. The van der Waals surface area contributed by atoms with Crippen LogP contribution >= 0.6 is 35.3 Å². The van der Waals surface area contributed by atoms with Crippen LogP contribution in [0.15, 0.2) is 120 Å². The van der Waals surface area contributed by atoms with Crippen molar-refractivity contribution in [2.75, 3.05) is 7.11 Å². The largest absolute Gasteiger partial charge is 0.497 e. The molecule has 3 nitrogen and oxygen atoms in total. The van der Waals surface area contributed by atoms with Gasteiger partial charge in [0, 0.05) is 22.8 Å². The second kappa shape index (κ2) is 14.7. The summed E-state index contributed by atoms with van der Waals surface area (Å²) in [5.74, 6) is 2.92. The quantitative estimate of drug-likeness (QED) is 0.108. The second-order valence-electron chi connectivity index (χ2n) is 8.18. The molecule has 37 heavy (non-hydrogen) atoms. The van der Waals surface area contributed by atoms with Crippen LogP contribution in [0.1, 0.15) is 27.0 Å². The average Bonchev–Trinajstić information content (AvgIpc) is 2.97. The number of nitrogens with zero attached hydrogens (tertiary/aromatic N) is 1. The third kappa shape index (κ3) is 8.85. The topological polar surface area (TPSA) is 38.7 Å². The van der Waals surface area contributed by atoms with Crippen LogP contribution in [0.4, 0.5) is 0 Å². The van der Waals surface area contributed by atoms with E-state index in [9.17, 15) is 4.79 Å². The summed E-state index contributed by atoms with van der Waals surface area (Å²) < 4.78 is 5.26. The first-order valence-corrected chi connectivity index (χ1v) is 15.0. The molecule has 188 valence electrons. The van der Waals surface area contributed by atoms with Gasteiger partial charge in [0.1, 0.15) is 10.8 Å². The van der Waals surface area contributed by atoms with Crippen LogP contribution in [0.5, 0.6) is 5.75 Å². The SMILES string of the molecule is COc1ccc(C(=O)N=C(SCc2ccccc2)C(SCc2ccccc2)SCc2ccccc2)cc1. The molecule has 0 aromatic heterocycles. The minimum absolute atomic E-state index is 0.0105. The Hall–Kier alpha value is -2.93. The Morgan fingerprint density at radius 1 is 0.676 bits per heavy atom. The fourth-order valence-electron chi connectivity index (χ4n) is 3.47. The Morgan fingerprint density at radius 3 is 1.59 bits per heavy atom. The van der Waals surface area contributed by atoms with E-state index in [1.807, 2.05) is 53.9 Å². The van der Waals surface area contributed by atoms with Gasteiger partial charge in [-0.1, -0.05) is 91.0 Å². The maximum Gasteiger partial charge on any atom is 0.277 e. The summed E-state index contributed by atoms with van der Waals surface area (Å²) in [6.07, 6.45) is 0. The highest BCUT2D eigenvalue weighted by Gasteiger charge is 2.21. The number of hydrogen-bond acceptors (Lipinski definition) is 5. The number of amides is 1. The number of ether oxygens (including phenoxy) is 1. The summed E-state index contributed by atoms with van der Waals surface area (Å²) in [5.41, 5.74) is 4.27. The number of rotatable bonds is 11. The number of carbonyl (C=O) groups excluding carboxylic acids is 1. The van der Waals surface area contributed by atoms with Crippen molar-refractivity contribution in [2.45, 2.75) is 21.8 Å². The molecule has 0 aliphatic rings. The fourth-order valence-corrected chi connectivity index (χ4v) is 7.33. The van der Waals surface area contributed by atoms with Crippen molar-refractivity contribution in [1.82, 2.24) is 0 Å². The molecule has 0 atom stereocenters. The normalized spacial score (nSPS) is 11.5. The first-order chi connectivity index (χ1) is 18.2. The molecule has 4 aromatic carbocycles. The van der Waals surface area contributed by atoms with Crippen molar-refractivity contribution in [1.29, 1.82) is 0 Å². The smallest absolute Gasteiger partial charge is 0.277 e. The Labute approximate surface area is 232 Å². The average molecular weight is 544 g/mol. The van der Waals surface area contributed by atoms with E-state index in [2.05, 4.69) is 60.7 Å². The van der Waals surface area contributed by atoms with Crippen molar-refractivity contribution >= 4 is 46.2 Å². The van der Waals surface area contributed by atoms with Crippen molar-refractivity contribution < 1.29 is 9.53 Å². The zero-order valence-electron chi connectivity index (χ0n) is 20.7. The van der Waals surface area contributed by atoms with Crippen LogP contribution in [0.3, 0.4) is 0 Å². The summed E-state index contributed by atoms with van der Waals surface area (Å²) in [5, 5.41) is 0.839. The van der Waals surface area contributed by atoms with Gasteiger partial charge in [-0.25, -0.2) is 4.99 Å². The Balaban J connectivity index is 1.60. The van der Waals surface area contributed by atoms with E-state index < -0.39 is 0 Å². The zero-order valence-corrected chi connectivity index (χ0v) is 23.1. The lowest BCUT2D eigenvalue weighted by Gasteiger charge is -2.19. The van der Waals surface area contributed by atoms with Crippen LogP contribution in [0.2, 0.25) is 0 Å². The van der Waals surface area contributed by atoms with Crippen LogP contribution in [0.25, 0.3) is 0 Å². The molecule has 4 rings (SSSR count). The molecule has 1 amide bonds. The van der Waals surface area contributed by atoms with Crippen LogP contribution < -0.4 is 4.74 Å². The number of hydrogen-bond donors (Lipinski definition) is 0. The molecular formula is C31H29NO2S3. The number of methoxy groups -OCH3 is 1. The van der Waals surface area contributed by atoms with E-state index in [4.69, 9.17) is 9.73 Å². The van der Waals surface area contributed by atoms with Gasteiger partial charge in [-0.3, -0.25) is 4.79 Å². The van der Waals surface area contributed by atoms with Gasteiger partial charge in [0.05, 0.1) is 11.7 Å². The number of benzene rings is 4. The molecule has 0 radical (unpaired) electrons. The van der Waals surface area contributed by atoms with Crippen LogP contribution in [0, 0.1) is 0 Å². The Morgan fingerprint density at radius 2 is 1.14 bits per heavy atom. The predicted octanol–water partition coefficient (Wildman–Crippen LogP) is 8.36. The van der Waals surface area contributed by atoms with Gasteiger partial charge in [0.25, 0.3) is 5.91 Å². The lowest BCUT2D eigenvalue weighted by atomic mass is 10.2. The summed E-state index contributed by atoms with van der Waals surface area (Å²) in [4.78, 5) is 18.0. The fraction of sp³-hybridized carbons (Fsp3) is 0.161. The van der Waals surface area contributed by atoms with Gasteiger partial charge in [0.2, 0.25) is 0 Å². The minimum atomic E-state index is -0.233. The van der Waals surface area contributed by atoms with Crippen LogP contribution in [-0.4, -0.2) is 22.6 Å². The van der Waals surface area contributed by atoms with E-state index in [0.29, 0.717) is 11.3 Å². The third-order valence-corrected chi connectivity index (χ3v) is 9.74. The van der Waals surface area contributed by atoms with E-state index in [1.165, 1.54) is 16.7 Å². The first kappa shape index (κ1) is 27.1. The van der Waals surface area contributed by atoms with Gasteiger partial charge in [0.15, 0.2) is 0 Å². The highest BCUT2D eigenvalue weighted by molar-refractivity contribution is 8.23. The monoisotopic (exact) mass is 543 g/mol. The van der Waals surface area contributed by atoms with E-state index in [-0.39, 0.29) is 10.5 Å². The van der Waals surface area contributed by atoms with Gasteiger partial charge >= 0.3 is 0 Å². The van der Waals surface area contributed by atoms with E-state index in [0.717, 1.165) is 22.3 Å². The number of thioether (sulfide) groups is 3. The van der Waals surface area contributed by atoms with Crippen molar-refractivity contribution in [3.8, 4) is 5.75 Å². The summed E-state index contributed by atoms with van der Waals surface area (Å²) in [6, 6.07) is 38.3. The molecular weight excluding hydrogens is 515 g/mol. The summed E-state index contributed by atoms with van der Waals surface area (Å²) in [7, 11) is 1.62. The zero-order chi connectivity index (χ0) is 25.7. The highest BCUT2D eigenvalue weighted by atomic mass is 32.2. The first-order valence-electron chi connectivity index (χ1n) is 12.0. The maximum atomic E-state index is 13.3. The summed E-state index contributed by atoms with van der Waals surface area (Å²) in [6.45, 7) is 0. The second-order valence-corrected chi connectivity index (χ2v) is 11.7. The molecule has 0 spiro atoms. The van der Waals surface area contributed by atoms with Gasteiger partial charge in [-0.2, -0.15) is 0 Å². The maximum absolute atomic E-state index is 13.3. The van der Waals surface area contributed by atoms with E-state index >= 15 is 0 Å². The Bertz CT molecular complexity index is 1220. The van der Waals surface area contributed by atoms with Crippen molar-refractivity contribution in [3.05, 3.63) is 138 Å². The standard InChI is InChI=1S/C31H29NO2S3/c1-34-28-19-17-27(18-20-28)29(33)32-30(35-21-24-11-5-2-6-12-24)31(36-22-25-13-7-3-8-14-25)37-23-26-15-9-4-10-16-26/h2-20,31H,21-23H2,1H3. The number of carbonyl (C=O) groups is 1. The molecule has 0 saturated heterocycles. The molecule has 0 saturated carbocycles. The predicted molar refractivity (Wildman–Crippen MR) is 162 cm³/mol. The number of aliphatic imine (C=N–C) groups is 1. The Kier molecular flexibility index (Phi) is 10.8. The lowest BCUT2D eigenvalue weighted by molar-refractivity contribution is 0.100. The van der Waals surface area contributed by atoms with Gasteiger partial charge < -0.3 is 4.74 Å². The highest BCUT2D eigenvalue weighted by Crippen LogP contribution is 2.35. The van der Waals surface area contributed by atoms with Crippen molar-refractivity contribution in [2.24, 2.45) is 4.99 Å². The molecule has 0 bridgehead atoms. The summed E-state index contributed by atoms with van der Waals surface area (Å²) >= 11 is 5.29. The molecule has 0 unspecified atom stereocenters. The molecule has 0 aliphatic carbocycles. The molecule has 0 fully saturated rings. The molecule has 4 aromatic rings. The molecule has 6 heteroatoms. The lowest BCUT2D eigenvalue weighted by Crippen LogP contribution is -2.14. The van der Waals surface area contributed by atoms with Gasteiger partial charge in [-0.05, 0) is 41.0 Å². The molecule has 0 heterocycles. The van der Waals surface area contributed by atoms with Gasteiger partial charge in [-0.15, -0.1) is 35.3 Å². The van der Waals surface area contributed by atoms with Crippen molar-refractivity contribution in [3.63, 3.8) is 0 Å². The van der Waals surface area contributed by atoms with E-state index in [1.54, 1.807) is 43.1 Å². The molecule has 0 N–H and O–H groups in total. The van der Waals surface area contributed by atoms with Crippen LogP contribution in [-0.2, 0) is 17.3 Å². The third-order valence-electron chi connectivity index (χ3n) is 5.47. The minimum Gasteiger partial charge on any atom is -0.497 e.